The second-order valence-corrected chi connectivity index (χ2v) is 9.57. The Bertz CT molecular complexity index is 1270. The molecule has 1 aliphatic rings. The summed E-state index contributed by atoms with van der Waals surface area (Å²) in [4.78, 5) is 16.7. The zero-order chi connectivity index (χ0) is 25.5. The van der Waals surface area contributed by atoms with Gasteiger partial charge in [-0.25, -0.2) is 22.9 Å². The Balaban J connectivity index is 1.86. The Morgan fingerprint density at radius 2 is 1.94 bits per heavy atom. The summed E-state index contributed by atoms with van der Waals surface area (Å²) >= 11 is 0. The van der Waals surface area contributed by atoms with Crippen molar-refractivity contribution < 1.29 is 27.5 Å². The van der Waals surface area contributed by atoms with Crippen molar-refractivity contribution >= 4 is 12.0 Å². The molecule has 0 aliphatic carbocycles. The van der Waals surface area contributed by atoms with Gasteiger partial charge in [-0.2, -0.15) is 0 Å². The SMILES string of the molecule is Cc1ncc(-c2ccc3c(c2)CC(C)N(CC(C)(C)F)C3c2c(F)cc(/C=C/C(=O)O)cc2F)o1. The Kier molecular flexibility index (Phi) is 6.60. The standard InChI is InChI=1S/C27H27F3N2O3/c1-15-9-19-12-18(23-13-31-16(2)35-23)6-7-20(19)26(32(15)14-27(3,4)30)25-21(28)10-17(11-22(25)29)5-8-24(33)34/h5-8,10-13,15,26H,9,14H2,1-4H3,(H,33,34)/b8-5+. The predicted molar refractivity (Wildman–Crippen MR) is 127 cm³/mol. The van der Waals surface area contributed by atoms with E-state index in [1.807, 2.05) is 13.0 Å². The number of halogens is 3. The van der Waals surface area contributed by atoms with Crippen LogP contribution in [0, 0.1) is 18.6 Å². The molecule has 1 N–H and O–H groups in total. The number of fused-ring (bicyclic) bond motifs is 1. The molecule has 35 heavy (non-hydrogen) atoms. The van der Waals surface area contributed by atoms with Crippen molar-refractivity contribution in [2.75, 3.05) is 6.54 Å². The number of hydrogen-bond acceptors (Lipinski definition) is 4. The highest BCUT2D eigenvalue weighted by Crippen LogP contribution is 2.42. The fraction of sp³-hybridized carbons (Fsp3) is 0.333. The van der Waals surface area contributed by atoms with Crippen molar-refractivity contribution in [3.8, 4) is 11.3 Å². The number of rotatable bonds is 6. The van der Waals surface area contributed by atoms with Gasteiger partial charge >= 0.3 is 5.97 Å². The Morgan fingerprint density at radius 3 is 2.51 bits per heavy atom. The molecule has 2 heterocycles. The smallest absolute Gasteiger partial charge is 0.328 e. The predicted octanol–water partition coefficient (Wildman–Crippen LogP) is 6.11. The third-order valence-corrected chi connectivity index (χ3v) is 6.11. The van der Waals surface area contributed by atoms with Crippen molar-refractivity contribution in [3.63, 3.8) is 0 Å². The van der Waals surface area contributed by atoms with Crippen LogP contribution in [0.25, 0.3) is 17.4 Å². The van der Waals surface area contributed by atoms with E-state index in [-0.39, 0.29) is 23.7 Å². The number of aryl methyl sites for hydroxylation is 1. The minimum Gasteiger partial charge on any atom is -0.478 e. The van der Waals surface area contributed by atoms with E-state index in [1.54, 1.807) is 30.2 Å². The second-order valence-electron chi connectivity index (χ2n) is 9.57. The quantitative estimate of drug-likeness (QED) is 0.428. The summed E-state index contributed by atoms with van der Waals surface area (Å²) in [6, 6.07) is 6.65. The lowest BCUT2D eigenvalue weighted by Gasteiger charge is -2.44. The minimum atomic E-state index is -1.60. The molecule has 2 aromatic carbocycles. The summed E-state index contributed by atoms with van der Waals surface area (Å²) in [5.74, 6) is -1.75. The topological polar surface area (TPSA) is 66.6 Å². The third-order valence-electron chi connectivity index (χ3n) is 6.11. The monoisotopic (exact) mass is 484 g/mol. The van der Waals surface area contributed by atoms with Gasteiger partial charge in [0.1, 0.15) is 17.3 Å². The molecule has 0 fully saturated rings. The fourth-order valence-electron chi connectivity index (χ4n) is 4.70. The van der Waals surface area contributed by atoms with Crippen molar-refractivity contribution in [1.29, 1.82) is 0 Å². The number of benzene rings is 2. The first-order valence-electron chi connectivity index (χ1n) is 11.3. The number of nitrogens with zero attached hydrogens (tertiary/aromatic N) is 2. The molecule has 0 radical (unpaired) electrons. The van der Waals surface area contributed by atoms with Gasteiger partial charge in [0, 0.05) is 36.7 Å². The lowest BCUT2D eigenvalue weighted by atomic mass is 9.82. The second kappa shape index (κ2) is 9.34. The summed E-state index contributed by atoms with van der Waals surface area (Å²) in [6.45, 7) is 6.51. The van der Waals surface area contributed by atoms with Crippen LogP contribution in [0.2, 0.25) is 0 Å². The number of oxazole rings is 1. The first kappa shape index (κ1) is 24.7. The van der Waals surface area contributed by atoms with Gasteiger partial charge in [-0.3, -0.25) is 4.90 Å². The number of carbonyl (C=O) groups is 1. The molecule has 0 spiro atoms. The molecule has 0 saturated heterocycles. The normalized spacial score (nSPS) is 18.7. The number of alkyl halides is 1. The summed E-state index contributed by atoms with van der Waals surface area (Å²) < 4.78 is 51.3. The Hall–Kier alpha value is -3.39. The van der Waals surface area contributed by atoms with E-state index in [0.717, 1.165) is 35.4 Å². The Labute approximate surface area is 201 Å². The van der Waals surface area contributed by atoms with Gasteiger partial charge in [0.25, 0.3) is 0 Å². The zero-order valence-electron chi connectivity index (χ0n) is 20.0. The van der Waals surface area contributed by atoms with Crippen molar-refractivity contribution in [2.24, 2.45) is 0 Å². The zero-order valence-corrected chi connectivity index (χ0v) is 20.0. The molecule has 8 heteroatoms. The van der Waals surface area contributed by atoms with Crippen LogP contribution in [0.4, 0.5) is 13.2 Å². The molecule has 0 bridgehead atoms. The molecular formula is C27H27F3N2O3. The maximum Gasteiger partial charge on any atom is 0.328 e. The van der Waals surface area contributed by atoms with Crippen molar-refractivity contribution in [3.05, 3.63) is 82.4 Å². The van der Waals surface area contributed by atoms with Gasteiger partial charge in [0.05, 0.1) is 12.2 Å². The van der Waals surface area contributed by atoms with E-state index in [2.05, 4.69) is 4.98 Å². The molecule has 1 aliphatic heterocycles. The fourth-order valence-corrected chi connectivity index (χ4v) is 4.70. The maximum atomic E-state index is 15.4. The summed E-state index contributed by atoms with van der Waals surface area (Å²) in [5, 5.41) is 8.83. The number of aromatic nitrogens is 1. The average molecular weight is 485 g/mol. The number of carboxylic acid groups (broad SMARTS) is 1. The van der Waals surface area contributed by atoms with Gasteiger partial charge < -0.3 is 9.52 Å². The van der Waals surface area contributed by atoms with Gasteiger partial charge in [0.15, 0.2) is 11.7 Å². The van der Waals surface area contributed by atoms with Crippen molar-refractivity contribution in [2.45, 2.75) is 51.9 Å². The summed E-state index contributed by atoms with van der Waals surface area (Å²) in [5.41, 5.74) is 0.652. The number of carboxylic acids is 1. The molecule has 184 valence electrons. The van der Waals surface area contributed by atoms with Crippen LogP contribution < -0.4 is 0 Å². The molecular weight excluding hydrogens is 457 g/mol. The van der Waals surface area contributed by atoms with Crippen LogP contribution in [0.5, 0.6) is 0 Å². The third kappa shape index (κ3) is 5.32. The molecule has 4 rings (SSSR count). The molecule has 2 atom stereocenters. The molecule has 3 aromatic rings. The molecule has 5 nitrogen and oxygen atoms in total. The number of hydrogen-bond donors (Lipinski definition) is 1. The van der Waals surface area contributed by atoms with Crippen LogP contribution in [-0.2, 0) is 11.2 Å². The first-order valence-corrected chi connectivity index (χ1v) is 11.3. The van der Waals surface area contributed by atoms with Gasteiger partial charge in [0.2, 0.25) is 0 Å². The first-order chi connectivity index (χ1) is 16.4. The van der Waals surface area contributed by atoms with Crippen LogP contribution in [0.15, 0.2) is 47.0 Å². The highest BCUT2D eigenvalue weighted by Gasteiger charge is 2.39. The average Bonchev–Trinajstić information content (AvgIpc) is 3.19. The van der Waals surface area contributed by atoms with Crippen LogP contribution in [0.3, 0.4) is 0 Å². The van der Waals surface area contributed by atoms with E-state index in [9.17, 15) is 9.18 Å². The minimum absolute atomic E-state index is 0.0269. The lowest BCUT2D eigenvalue weighted by Crippen LogP contribution is -2.48. The van der Waals surface area contributed by atoms with E-state index in [1.165, 1.54) is 13.8 Å². The number of aliphatic carboxylic acids is 1. The lowest BCUT2D eigenvalue weighted by molar-refractivity contribution is -0.131. The van der Waals surface area contributed by atoms with Crippen LogP contribution >= 0.6 is 0 Å². The van der Waals surface area contributed by atoms with E-state index >= 15 is 8.78 Å². The molecule has 0 saturated carbocycles. The van der Waals surface area contributed by atoms with E-state index in [0.29, 0.717) is 23.6 Å². The largest absolute Gasteiger partial charge is 0.478 e. The molecule has 2 unspecified atom stereocenters. The molecule has 1 aromatic heterocycles. The van der Waals surface area contributed by atoms with E-state index < -0.39 is 29.3 Å². The summed E-state index contributed by atoms with van der Waals surface area (Å²) in [7, 11) is 0. The van der Waals surface area contributed by atoms with Crippen LogP contribution in [0.1, 0.15) is 55.0 Å². The Morgan fingerprint density at radius 1 is 1.26 bits per heavy atom. The van der Waals surface area contributed by atoms with Gasteiger partial charge in [-0.1, -0.05) is 12.1 Å². The highest BCUT2D eigenvalue weighted by atomic mass is 19.1. The highest BCUT2D eigenvalue weighted by molar-refractivity contribution is 5.85. The summed E-state index contributed by atoms with van der Waals surface area (Å²) in [6.07, 6.45) is 4.13. The van der Waals surface area contributed by atoms with Gasteiger partial charge in [-0.15, -0.1) is 0 Å². The van der Waals surface area contributed by atoms with Gasteiger partial charge in [-0.05, 0) is 68.2 Å². The van der Waals surface area contributed by atoms with E-state index in [4.69, 9.17) is 9.52 Å². The maximum absolute atomic E-state index is 15.4. The van der Waals surface area contributed by atoms with Crippen molar-refractivity contribution in [1.82, 2.24) is 9.88 Å². The molecule has 0 amide bonds. The van der Waals surface area contributed by atoms with Crippen LogP contribution in [-0.4, -0.2) is 39.2 Å².